The van der Waals surface area contributed by atoms with E-state index in [4.69, 9.17) is 0 Å². The van der Waals surface area contributed by atoms with E-state index in [9.17, 15) is 9.90 Å². The van der Waals surface area contributed by atoms with Crippen LogP contribution in [0.25, 0.3) is 0 Å². The van der Waals surface area contributed by atoms with Crippen LogP contribution in [0.15, 0.2) is 0 Å². The number of piperidine rings is 1. The molecular formula is C9H16N2O2. The summed E-state index contributed by atoms with van der Waals surface area (Å²) in [6.07, 6.45) is 2.30. The maximum atomic E-state index is 11.6. The number of aliphatic hydroxyl groups excluding tert-OH is 1. The number of hydrogen-bond acceptors (Lipinski definition) is 2. The molecule has 4 heteroatoms. The van der Waals surface area contributed by atoms with Gasteiger partial charge in [-0.3, -0.25) is 0 Å². The highest BCUT2D eigenvalue weighted by Crippen LogP contribution is 2.24. The van der Waals surface area contributed by atoms with E-state index in [1.54, 1.807) is 4.90 Å². The van der Waals surface area contributed by atoms with Gasteiger partial charge in [-0.25, -0.2) is 4.79 Å². The maximum absolute atomic E-state index is 11.6. The number of nitrogens with zero attached hydrogens (tertiary/aromatic N) is 2. The number of amides is 2. The van der Waals surface area contributed by atoms with Crippen LogP contribution in [-0.2, 0) is 0 Å². The van der Waals surface area contributed by atoms with Crippen molar-refractivity contribution in [2.24, 2.45) is 0 Å². The van der Waals surface area contributed by atoms with E-state index in [1.807, 2.05) is 11.9 Å². The first-order valence-corrected chi connectivity index (χ1v) is 4.88. The van der Waals surface area contributed by atoms with E-state index >= 15 is 0 Å². The second-order valence-corrected chi connectivity index (χ2v) is 4.02. The standard InChI is InChI=1S/C9H16N2O2/c1-10-4-2-7-6-8(12)3-5-11(7)9(10)13/h7-8,12H,2-6H2,1H3/t7-,8+/m0/s1. The van der Waals surface area contributed by atoms with Gasteiger partial charge in [0.15, 0.2) is 0 Å². The Hall–Kier alpha value is -0.770. The normalized spacial score (nSPS) is 34.8. The summed E-state index contributed by atoms with van der Waals surface area (Å²) in [7, 11) is 1.84. The van der Waals surface area contributed by atoms with Crippen molar-refractivity contribution in [1.29, 1.82) is 0 Å². The van der Waals surface area contributed by atoms with E-state index in [2.05, 4.69) is 0 Å². The highest BCUT2D eigenvalue weighted by molar-refractivity contribution is 5.75. The van der Waals surface area contributed by atoms with Crippen molar-refractivity contribution in [2.75, 3.05) is 20.1 Å². The quantitative estimate of drug-likeness (QED) is 0.587. The van der Waals surface area contributed by atoms with E-state index < -0.39 is 0 Å². The third kappa shape index (κ3) is 1.50. The fourth-order valence-corrected chi connectivity index (χ4v) is 2.21. The van der Waals surface area contributed by atoms with Crippen LogP contribution in [0.5, 0.6) is 0 Å². The number of rotatable bonds is 0. The highest BCUT2D eigenvalue weighted by Gasteiger charge is 2.35. The van der Waals surface area contributed by atoms with Gasteiger partial charge in [0, 0.05) is 26.2 Å². The molecule has 2 saturated heterocycles. The summed E-state index contributed by atoms with van der Waals surface area (Å²) in [6, 6.07) is 0.413. The van der Waals surface area contributed by atoms with Gasteiger partial charge in [0.1, 0.15) is 0 Å². The van der Waals surface area contributed by atoms with Crippen LogP contribution in [0, 0.1) is 0 Å². The Morgan fingerprint density at radius 1 is 1.38 bits per heavy atom. The van der Waals surface area contributed by atoms with Gasteiger partial charge in [0.25, 0.3) is 0 Å². The molecule has 2 heterocycles. The fourth-order valence-electron chi connectivity index (χ4n) is 2.21. The molecule has 0 aromatic heterocycles. The average molecular weight is 184 g/mol. The van der Waals surface area contributed by atoms with Gasteiger partial charge in [-0.2, -0.15) is 0 Å². The van der Waals surface area contributed by atoms with E-state index in [0.717, 1.165) is 32.4 Å². The Bertz CT molecular complexity index is 220. The maximum Gasteiger partial charge on any atom is 0.319 e. The molecule has 0 aromatic carbocycles. The topological polar surface area (TPSA) is 43.8 Å². The van der Waals surface area contributed by atoms with Crippen LogP contribution in [-0.4, -0.2) is 53.2 Å². The first-order valence-electron chi connectivity index (χ1n) is 4.88. The zero-order valence-corrected chi connectivity index (χ0v) is 7.94. The van der Waals surface area contributed by atoms with E-state index in [0.29, 0.717) is 0 Å². The largest absolute Gasteiger partial charge is 0.393 e. The lowest BCUT2D eigenvalue weighted by atomic mass is 9.95. The molecule has 2 amide bonds. The van der Waals surface area contributed by atoms with Gasteiger partial charge in [-0.15, -0.1) is 0 Å². The van der Waals surface area contributed by atoms with Crippen molar-refractivity contribution in [1.82, 2.24) is 9.80 Å². The number of urea groups is 1. The zero-order valence-electron chi connectivity index (χ0n) is 7.94. The van der Waals surface area contributed by atoms with Crippen LogP contribution in [0.3, 0.4) is 0 Å². The predicted octanol–water partition coefficient (Wildman–Crippen LogP) is 0.267. The van der Waals surface area contributed by atoms with Crippen molar-refractivity contribution in [3.63, 3.8) is 0 Å². The summed E-state index contributed by atoms with van der Waals surface area (Å²) in [5, 5.41) is 9.45. The molecule has 0 bridgehead atoms. The summed E-state index contributed by atoms with van der Waals surface area (Å²) in [4.78, 5) is 15.3. The van der Waals surface area contributed by atoms with Gasteiger partial charge in [-0.1, -0.05) is 0 Å². The van der Waals surface area contributed by atoms with Gasteiger partial charge in [0.2, 0.25) is 0 Å². The Kier molecular flexibility index (Phi) is 2.15. The molecule has 2 fully saturated rings. The SMILES string of the molecule is CN1CC[C@H]2C[C@H](O)CCN2C1=O. The van der Waals surface area contributed by atoms with Crippen molar-refractivity contribution in [3.05, 3.63) is 0 Å². The second kappa shape index (κ2) is 3.18. The second-order valence-electron chi connectivity index (χ2n) is 4.02. The molecule has 4 nitrogen and oxygen atoms in total. The average Bonchev–Trinajstić information content (AvgIpc) is 2.12. The first kappa shape index (κ1) is 8.81. The molecule has 0 saturated carbocycles. The highest BCUT2D eigenvalue weighted by atomic mass is 16.3. The third-order valence-electron chi connectivity index (χ3n) is 3.06. The number of hydrogen-bond donors (Lipinski definition) is 1. The molecule has 2 aliphatic rings. The van der Waals surface area contributed by atoms with Gasteiger partial charge in [-0.05, 0) is 19.3 Å². The molecule has 2 aliphatic heterocycles. The Balaban J connectivity index is 2.06. The first-order chi connectivity index (χ1) is 6.18. The molecule has 2 atom stereocenters. The van der Waals surface area contributed by atoms with Crippen molar-refractivity contribution >= 4 is 6.03 Å². The van der Waals surface area contributed by atoms with E-state index in [-0.39, 0.29) is 18.2 Å². The number of fused-ring (bicyclic) bond motifs is 1. The summed E-state index contributed by atoms with van der Waals surface area (Å²) in [6.45, 7) is 1.54. The summed E-state index contributed by atoms with van der Waals surface area (Å²) >= 11 is 0. The molecule has 1 N–H and O–H groups in total. The zero-order chi connectivity index (χ0) is 9.42. The minimum absolute atomic E-state index is 0.128. The summed E-state index contributed by atoms with van der Waals surface area (Å²) < 4.78 is 0. The van der Waals surface area contributed by atoms with Gasteiger partial charge >= 0.3 is 6.03 Å². The number of carbonyl (C=O) groups is 1. The number of aliphatic hydroxyl groups is 1. The molecule has 2 rings (SSSR count). The molecular weight excluding hydrogens is 168 g/mol. The molecule has 0 aliphatic carbocycles. The molecule has 0 unspecified atom stereocenters. The van der Waals surface area contributed by atoms with Crippen LogP contribution >= 0.6 is 0 Å². The summed E-state index contributed by atoms with van der Waals surface area (Å²) in [5.41, 5.74) is 0. The Morgan fingerprint density at radius 2 is 2.15 bits per heavy atom. The van der Waals surface area contributed by atoms with Crippen molar-refractivity contribution < 1.29 is 9.90 Å². The van der Waals surface area contributed by atoms with Crippen LogP contribution < -0.4 is 0 Å². The lowest BCUT2D eigenvalue weighted by Crippen LogP contribution is -2.56. The van der Waals surface area contributed by atoms with Crippen LogP contribution in [0.1, 0.15) is 19.3 Å². The lowest BCUT2D eigenvalue weighted by Gasteiger charge is -2.44. The Morgan fingerprint density at radius 3 is 2.92 bits per heavy atom. The predicted molar refractivity (Wildman–Crippen MR) is 48.4 cm³/mol. The van der Waals surface area contributed by atoms with E-state index in [1.165, 1.54) is 0 Å². The van der Waals surface area contributed by atoms with Crippen molar-refractivity contribution in [3.8, 4) is 0 Å². The minimum Gasteiger partial charge on any atom is -0.393 e. The molecule has 74 valence electrons. The minimum atomic E-state index is -0.197. The van der Waals surface area contributed by atoms with Gasteiger partial charge in [0.05, 0.1) is 6.10 Å². The number of carbonyl (C=O) groups excluding carboxylic acids is 1. The third-order valence-corrected chi connectivity index (χ3v) is 3.06. The van der Waals surface area contributed by atoms with Crippen molar-refractivity contribution in [2.45, 2.75) is 31.4 Å². The van der Waals surface area contributed by atoms with Crippen LogP contribution in [0.4, 0.5) is 4.79 Å². The molecule has 0 aromatic rings. The fraction of sp³-hybridized carbons (Fsp3) is 0.889. The van der Waals surface area contributed by atoms with Crippen LogP contribution in [0.2, 0.25) is 0 Å². The lowest BCUT2D eigenvalue weighted by molar-refractivity contribution is 0.0291. The molecule has 13 heavy (non-hydrogen) atoms. The smallest absolute Gasteiger partial charge is 0.319 e. The van der Waals surface area contributed by atoms with Gasteiger partial charge < -0.3 is 14.9 Å². The summed E-state index contributed by atoms with van der Waals surface area (Å²) in [5.74, 6) is 0. The monoisotopic (exact) mass is 184 g/mol. The Labute approximate surface area is 78.1 Å². The molecule has 0 radical (unpaired) electrons. The molecule has 0 spiro atoms.